The summed E-state index contributed by atoms with van der Waals surface area (Å²) >= 11 is 0. The van der Waals surface area contributed by atoms with E-state index in [4.69, 9.17) is 4.74 Å². The van der Waals surface area contributed by atoms with E-state index in [-0.39, 0.29) is 54.4 Å². The Morgan fingerprint density at radius 3 is 2.14 bits per heavy atom. The lowest BCUT2D eigenvalue weighted by atomic mass is 9.85. The number of carbonyl (C=O) groups is 4. The van der Waals surface area contributed by atoms with E-state index in [1.807, 2.05) is 32.0 Å². The first-order valence-electron chi connectivity index (χ1n) is 12.5. The van der Waals surface area contributed by atoms with Gasteiger partial charge in [0.15, 0.2) is 0 Å². The second-order valence-corrected chi connectivity index (χ2v) is 10.6. The van der Waals surface area contributed by atoms with E-state index in [1.54, 1.807) is 30.0 Å². The first-order valence-corrected chi connectivity index (χ1v) is 12.5. The molecule has 2 saturated heterocycles. The molecule has 2 bridgehead atoms. The van der Waals surface area contributed by atoms with Crippen LogP contribution in [-0.4, -0.2) is 30.2 Å². The Bertz CT molecular complexity index is 1330. The lowest BCUT2D eigenvalue weighted by molar-refractivity contribution is -0.139. The Hall–Kier alpha value is -3.74. The molecule has 0 radical (unpaired) electrons. The molecule has 2 aliphatic heterocycles. The van der Waals surface area contributed by atoms with Crippen molar-refractivity contribution >= 4 is 35.1 Å². The van der Waals surface area contributed by atoms with Crippen molar-refractivity contribution in [3.8, 4) is 5.75 Å². The van der Waals surface area contributed by atoms with Crippen molar-refractivity contribution in [3.05, 3.63) is 65.2 Å². The van der Waals surface area contributed by atoms with Gasteiger partial charge in [0.25, 0.3) is 0 Å². The van der Waals surface area contributed by atoms with Gasteiger partial charge in [-0.2, -0.15) is 0 Å². The minimum atomic E-state index is -0.567. The normalized spacial score (nSPS) is 28.4. The highest BCUT2D eigenvalue weighted by atomic mass is 16.5. The molecule has 5 atom stereocenters. The number of aryl methyl sites for hydroxylation is 3. The predicted octanol–water partition coefficient (Wildman–Crippen LogP) is 3.88. The summed E-state index contributed by atoms with van der Waals surface area (Å²) in [6, 6.07) is 10.8. The molecule has 7 nitrogen and oxygen atoms in total. The Morgan fingerprint density at radius 1 is 0.861 bits per heavy atom. The maximum absolute atomic E-state index is 13.1. The van der Waals surface area contributed by atoms with Crippen LogP contribution in [0.2, 0.25) is 0 Å². The number of hydrogen-bond donors (Lipinski definition) is 0. The van der Waals surface area contributed by atoms with Crippen LogP contribution in [0.5, 0.6) is 5.75 Å². The number of nitrogens with zero attached hydrogens (tertiary/aromatic N) is 2. The van der Waals surface area contributed by atoms with E-state index in [9.17, 15) is 19.2 Å². The maximum Gasteiger partial charge on any atom is 0.316 e. The van der Waals surface area contributed by atoms with E-state index in [2.05, 4.69) is 12.2 Å². The predicted molar refractivity (Wildman–Crippen MR) is 133 cm³/mol. The van der Waals surface area contributed by atoms with Crippen molar-refractivity contribution in [3.63, 3.8) is 0 Å². The highest BCUT2D eigenvalue weighted by molar-refractivity contribution is 6.23. The van der Waals surface area contributed by atoms with Crippen molar-refractivity contribution in [2.24, 2.45) is 29.6 Å². The van der Waals surface area contributed by atoms with Crippen molar-refractivity contribution in [2.75, 3.05) is 16.3 Å². The van der Waals surface area contributed by atoms with Gasteiger partial charge in [0.2, 0.25) is 17.7 Å². The van der Waals surface area contributed by atoms with Gasteiger partial charge in [-0.05, 0) is 74.4 Å². The molecule has 2 heterocycles. The molecule has 3 fully saturated rings. The fraction of sp³-hybridized carbons (Fsp3) is 0.379. The van der Waals surface area contributed by atoms with Gasteiger partial charge < -0.3 is 9.64 Å². The van der Waals surface area contributed by atoms with Gasteiger partial charge in [0.1, 0.15) is 5.75 Å². The van der Waals surface area contributed by atoms with Crippen molar-refractivity contribution in [1.29, 1.82) is 0 Å². The molecule has 6 rings (SSSR count). The number of amides is 3. The molecule has 2 aliphatic carbocycles. The molecule has 7 heteroatoms. The molecular formula is C29H28N2O5. The summed E-state index contributed by atoms with van der Waals surface area (Å²) in [5.74, 6) is -1.28. The zero-order valence-electron chi connectivity index (χ0n) is 20.6. The van der Waals surface area contributed by atoms with Crippen LogP contribution in [0.25, 0.3) is 0 Å². The molecule has 0 unspecified atom stereocenters. The van der Waals surface area contributed by atoms with Gasteiger partial charge in [-0.1, -0.05) is 29.8 Å². The fourth-order valence-electron chi connectivity index (χ4n) is 6.49. The number of imide groups is 1. The minimum absolute atomic E-state index is 0.0964. The molecule has 184 valence electrons. The molecule has 0 N–H and O–H groups in total. The van der Waals surface area contributed by atoms with Gasteiger partial charge in [0, 0.05) is 18.7 Å². The standard InChI is InChI=1S/C29H28N2O5/c1-15-4-8-22(16(2)10-15)30-14-20(13-24(30)32)29(35)36-21-7-9-23(17(3)11-21)31-27(33)25-18-5-6-19(12-18)26(25)28(31)34/h4-11,18-20,25-26H,12-14H2,1-3H3/t18-,19-,20+,25-,26-/m0/s1. The second kappa shape index (κ2) is 8.15. The summed E-state index contributed by atoms with van der Waals surface area (Å²) in [7, 11) is 0. The van der Waals surface area contributed by atoms with E-state index < -0.39 is 11.9 Å². The molecule has 2 aromatic carbocycles. The van der Waals surface area contributed by atoms with E-state index in [1.165, 1.54) is 4.90 Å². The Morgan fingerprint density at radius 2 is 1.50 bits per heavy atom. The monoisotopic (exact) mass is 484 g/mol. The van der Waals surface area contributed by atoms with Crippen LogP contribution in [0, 0.1) is 50.4 Å². The third-order valence-corrected chi connectivity index (χ3v) is 8.20. The summed E-state index contributed by atoms with van der Waals surface area (Å²) in [5, 5.41) is 0. The van der Waals surface area contributed by atoms with Gasteiger partial charge in [-0.3, -0.25) is 19.2 Å². The highest BCUT2D eigenvalue weighted by Gasteiger charge is 2.59. The van der Waals surface area contributed by atoms with Crippen LogP contribution in [0.4, 0.5) is 11.4 Å². The smallest absolute Gasteiger partial charge is 0.316 e. The van der Waals surface area contributed by atoms with Gasteiger partial charge >= 0.3 is 5.97 Å². The zero-order valence-corrected chi connectivity index (χ0v) is 20.6. The SMILES string of the molecule is Cc1ccc(N2C[C@H](C(=O)Oc3ccc(N4C(=O)[C@@H]5[C@@H](C4=O)[C@H]4C=C[C@H]5C4)c(C)c3)CC2=O)c(C)c1. The Labute approximate surface area is 209 Å². The lowest BCUT2D eigenvalue weighted by Gasteiger charge is -2.20. The first kappa shape index (κ1) is 22.7. The summed E-state index contributed by atoms with van der Waals surface area (Å²) in [6.07, 6.45) is 5.13. The molecule has 0 aromatic heterocycles. The maximum atomic E-state index is 13.1. The van der Waals surface area contributed by atoms with Crippen molar-refractivity contribution in [1.82, 2.24) is 0 Å². The third kappa shape index (κ3) is 3.40. The summed E-state index contributed by atoms with van der Waals surface area (Å²) in [5.41, 5.74) is 4.14. The van der Waals surface area contributed by atoms with Gasteiger partial charge in [-0.25, -0.2) is 4.90 Å². The Balaban J connectivity index is 1.16. The first-order chi connectivity index (χ1) is 17.2. The summed E-state index contributed by atoms with van der Waals surface area (Å²) in [6.45, 7) is 6.03. The third-order valence-electron chi connectivity index (χ3n) is 8.20. The van der Waals surface area contributed by atoms with Crippen molar-refractivity contribution in [2.45, 2.75) is 33.6 Å². The molecule has 3 amide bonds. The van der Waals surface area contributed by atoms with Gasteiger partial charge in [0.05, 0.1) is 23.4 Å². The highest BCUT2D eigenvalue weighted by Crippen LogP contribution is 2.53. The quantitative estimate of drug-likeness (QED) is 0.285. The molecule has 4 aliphatic rings. The lowest BCUT2D eigenvalue weighted by Crippen LogP contribution is -2.33. The van der Waals surface area contributed by atoms with E-state index >= 15 is 0 Å². The van der Waals surface area contributed by atoms with Crippen LogP contribution in [-0.2, 0) is 19.2 Å². The fourth-order valence-corrected chi connectivity index (χ4v) is 6.49. The summed E-state index contributed by atoms with van der Waals surface area (Å²) in [4.78, 5) is 54.8. The van der Waals surface area contributed by atoms with Crippen LogP contribution in [0.1, 0.15) is 29.5 Å². The van der Waals surface area contributed by atoms with Crippen LogP contribution in [0.3, 0.4) is 0 Å². The van der Waals surface area contributed by atoms with Gasteiger partial charge in [-0.15, -0.1) is 0 Å². The number of anilines is 2. The average molecular weight is 485 g/mol. The average Bonchev–Trinajstić information content (AvgIpc) is 3.59. The summed E-state index contributed by atoms with van der Waals surface area (Å²) < 4.78 is 5.63. The molecule has 1 saturated carbocycles. The van der Waals surface area contributed by atoms with Crippen molar-refractivity contribution < 1.29 is 23.9 Å². The van der Waals surface area contributed by atoms with Crippen LogP contribution < -0.4 is 14.5 Å². The van der Waals surface area contributed by atoms with E-state index in [0.29, 0.717) is 17.0 Å². The zero-order chi connectivity index (χ0) is 25.3. The minimum Gasteiger partial charge on any atom is -0.426 e. The second-order valence-electron chi connectivity index (χ2n) is 10.6. The number of hydrogen-bond acceptors (Lipinski definition) is 5. The largest absolute Gasteiger partial charge is 0.426 e. The number of fused-ring (bicyclic) bond motifs is 5. The number of allylic oxidation sites excluding steroid dienone is 2. The molecular weight excluding hydrogens is 456 g/mol. The van der Waals surface area contributed by atoms with Crippen LogP contribution in [0.15, 0.2) is 48.6 Å². The number of rotatable bonds is 4. The molecule has 2 aromatic rings. The number of ether oxygens (including phenoxy) is 1. The Kier molecular flexibility index (Phi) is 5.14. The van der Waals surface area contributed by atoms with E-state index in [0.717, 1.165) is 23.2 Å². The topological polar surface area (TPSA) is 84.0 Å². The molecule has 0 spiro atoms. The van der Waals surface area contributed by atoms with Crippen LogP contribution >= 0.6 is 0 Å². The number of benzene rings is 2. The number of esters is 1. The molecule has 36 heavy (non-hydrogen) atoms. The number of carbonyl (C=O) groups excluding carboxylic acids is 4.